The lowest BCUT2D eigenvalue weighted by Gasteiger charge is -2.39. The van der Waals surface area contributed by atoms with Crippen LogP contribution in [0.15, 0.2) is 72.9 Å². The highest BCUT2D eigenvalue weighted by Gasteiger charge is 2.33. The summed E-state index contributed by atoms with van der Waals surface area (Å²) < 4.78 is 18.2. The Balaban J connectivity index is 1.16. The minimum absolute atomic E-state index is 0.0588. The summed E-state index contributed by atoms with van der Waals surface area (Å²) in [6.07, 6.45) is 4.89. The van der Waals surface area contributed by atoms with Gasteiger partial charge in [0.25, 0.3) is 0 Å². The third-order valence-corrected chi connectivity index (χ3v) is 9.02. The monoisotopic (exact) mass is 638 g/mol. The number of fused-ring (bicyclic) bond motifs is 10. The number of rotatable bonds is 5. The number of nitrogens with one attached hydrogen (secondary N) is 2. The Morgan fingerprint density at radius 1 is 1.02 bits per heavy atom. The third-order valence-electron chi connectivity index (χ3n) is 9.02. The number of benzene rings is 3. The summed E-state index contributed by atoms with van der Waals surface area (Å²) in [6.45, 7) is 1.10. The second kappa shape index (κ2) is 14.7. The fraction of sp³-hybridized carbons (Fsp3) is 0.378. The van der Waals surface area contributed by atoms with E-state index in [2.05, 4.69) is 22.4 Å². The van der Waals surface area contributed by atoms with Crippen molar-refractivity contribution < 1.29 is 28.6 Å². The SMILES string of the molecule is COc1cc2ccc1Oc1cccc(c1)CO[C@H]1CN(C(=O)CCCc3c[nH]c4ccccc34)CC[C@@H]1NC(=O)CN(C)C(=O)CC2. The molecule has 4 aromatic rings. The number of amides is 3. The number of aromatic amines is 1. The molecule has 7 rings (SSSR count). The van der Waals surface area contributed by atoms with Gasteiger partial charge in [-0.3, -0.25) is 14.4 Å². The molecule has 2 N–H and O–H groups in total. The molecule has 3 aliphatic heterocycles. The Bertz CT molecular complexity index is 1730. The number of carbonyl (C=O) groups excluding carboxylic acids is 3. The molecule has 0 radical (unpaired) electrons. The van der Waals surface area contributed by atoms with Crippen molar-refractivity contribution in [2.75, 3.05) is 33.8 Å². The summed E-state index contributed by atoms with van der Waals surface area (Å²) in [5.41, 5.74) is 4.14. The van der Waals surface area contributed by atoms with Crippen molar-refractivity contribution in [1.29, 1.82) is 0 Å². The number of para-hydroxylation sites is 1. The highest BCUT2D eigenvalue weighted by atomic mass is 16.5. The van der Waals surface area contributed by atoms with Crippen molar-refractivity contribution in [1.82, 2.24) is 20.1 Å². The molecule has 2 atom stereocenters. The van der Waals surface area contributed by atoms with Gasteiger partial charge in [-0.1, -0.05) is 36.4 Å². The number of H-pyrrole nitrogens is 1. The zero-order valence-corrected chi connectivity index (χ0v) is 27.0. The molecule has 3 aromatic carbocycles. The molecule has 1 aromatic heterocycles. The zero-order valence-electron chi connectivity index (χ0n) is 27.0. The van der Waals surface area contributed by atoms with E-state index < -0.39 is 6.10 Å². The maximum Gasteiger partial charge on any atom is 0.239 e. The average molecular weight is 639 g/mol. The maximum absolute atomic E-state index is 13.4. The van der Waals surface area contributed by atoms with Crippen LogP contribution in [0.2, 0.25) is 0 Å². The number of methoxy groups -OCH3 is 1. The van der Waals surface area contributed by atoms with Gasteiger partial charge in [-0.25, -0.2) is 0 Å². The molecule has 10 nitrogen and oxygen atoms in total. The highest BCUT2D eigenvalue weighted by molar-refractivity contribution is 5.85. The molecule has 0 aliphatic carbocycles. The average Bonchev–Trinajstić information content (AvgIpc) is 3.49. The first-order valence-corrected chi connectivity index (χ1v) is 16.3. The molecule has 0 spiro atoms. The normalized spacial score (nSPS) is 19.3. The number of aromatic nitrogens is 1. The first kappa shape index (κ1) is 32.1. The number of hydrogen-bond acceptors (Lipinski definition) is 6. The number of hydrogen-bond donors (Lipinski definition) is 2. The Labute approximate surface area is 275 Å². The number of nitrogens with zero attached hydrogens (tertiary/aromatic N) is 2. The molecule has 246 valence electrons. The standard InChI is InChI=1S/C37H42N4O6/c1-40-23-35(42)39-31-17-18-41(37(44)12-6-8-27-21-38-30-11-4-3-10-29(27)30)22-34(31)46-24-26-7-5-9-28(19-26)47-32-15-13-25(14-16-36(40)43)20-33(32)45-2/h3-5,7,9-11,13,15,19-21,31,34,38H,6,8,12,14,16-18,22-24H2,1-2H3,(H,39,42)/t31-,34-/m0/s1. The molecule has 4 bridgehead atoms. The number of carbonyl (C=O) groups is 3. The van der Waals surface area contributed by atoms with Gasteiger partial charge in [0.05, 0.1) is 32.4 Å². The molecular formula is C37H42N4O6. The molecule has 3 aliphatic rings. The summed E-state index contributed by atoms with van der Waals surface area (Å²) in [6, 6.07) is 21.2. The third kappa shape index (κ3) is 7.94. The molecule has 0 saturated carbocycles. The van der Waals surface area contributed by atoms with Crippen LogP contribution in [0.5, 0.6) is 17.2 Å². The van der Waals surface area contributed by atoms with Gasteiger partial charge in [-0.2, -0.15) is 0 Å². The predicted molar refractivity (Wildman–Crippen MR) is 178 cm³/mol. The van der Waals surface area contributed by atoms with Gasteiger partial charge in [-0.15, -0.1) is 0 Å². The Morgan fingerprint density at radius 3 is 2.77 bits per heavy atom. The van der Waals surface area contributed by atoms with Crippen molar-refractivity contribution in [3.05, 3.63) is 89.6 Å². The van der Waals surface area contributed by atoms with Crippen molar-refractivity contribution in [3.63, 3.8) is 0 Å². The van der Waals surface area contributed by atoms with E-state index in [1.165, 1.54) is 15.8 Å². The van der Waals surface area contributed by atoms with Crippen molar-refractivity contribution in [2.24, 2.45) is 0 Å². The van der Waals surface area contributed by atoms with Gasteiger partial charge in [-0.05, 0) is 72.7 Å². The molecule has 0 unspecified atom stereocenters. The van der Waals surface area contributed by atoms with Crippen LogP contribution >= 0.6 is 0 Å². The fourth-order valence-corrected chi connectivity index (χ4v) is 6.38. The number of likely N-dealkylation sites (N-methyl/N-ethyl adjacent to an activating group) is 1. The number of likely N-dealkylation sites (tertiary alicyclic amines) is 1. The van der Waals surface area contributed by atoms with E-state index in [-0.39, 0.29) is 43.3 Å². The lowest BCUT2D eigenvalue weighted by atomic mass is 10.00. The van der Waals surface area contributed by atoms with E-state index in [1.54, 1.807) is 14.2 Å². The molecule has 10 heteroatoms. The topological polar surface area (TPSA) is 113 Å². The van der Waals surface area contributed by atoms with E-state index in [4.69, 9.17) is 14.2 Å². The quantitative estimate of drug-likeness (QED) is 0.318. The van der Waals surface area contributed by atoms with Crippen molar-refractivity contribution >= 4 is 28.6 Å². The van der Waals surface area contributed by atoms with Crippen LogP contribution in [-0.2, 0) is 38.6 Å². The van der Waals surface area contributed by atoms with E-state index >= 15 is 0 Å². The van der Waals surface area contributed by atoms with Gasteiger partial charge in [0, 0.05) is 50.1 Å². The summed E-state index contributed by atoms with van der Waals surface area (Å²) in [5, 5.41) is 4.29. The highest BCUT2D eigenvalue weighted by Crippen LogP contribution is 2.33. The van der Waals surface area contributed by atoms with Gasteiger partial charge in [0.1, 0.15) is 5.75 Å². The van der Waals surface area contributed by atoms with Gasteiger partial charge >= 0.3 is 0 Å². The first-order valence-electron chi connectivity index (χ1n) is 16.3. The minimum Gasteiger partial charge on any atom is -0.493 e. The van der Waals surface area contributed by atoms with E-state index in [9.17, 15) is 14.4 Å². The summed E-state index contributed by atoms with van der Waals surface area (Å²) >= 11 is 0. The van der Waals surface area contributed by atoms with Gasteiger partial charge in [0.15, 0.2) is 11.5 Å². The van der Waals surface area contributed by atoms with Crippen LogP contribution in [0, 0.1) is 0 Å². The van der Waals surface area contributed by atoms with Crippen LogP contribution in [0.3, 0.4) is 0 Å². The Hall–Kier alpha value is -4.83. The smallest absolute Gasteiger partial charge is 0.239 e. The van der Waals surface area contributed by atoms with E-state index in [0.717, 1.165) is 29.5 Å². The van der Waals surface area contributed by atoms with Crippen molar-refractivity contribution in [2.45, 2.75) is 57.3 Å². The molecule has 47 heavy (non-hydrogen) atoms. The minimum atomic E-state index is -0.426. The van der Waals surface area contributed by atoms with Gasteiger partial charge in [0.2, 0.25) is 17.7 Å². The van der Waals surface area contributed by atoms with Crippen LogP contribution in [-0.4, -0.2) is 78.4 Å². The van der Waals surface area contributed by atoms with Crippen LogP contribution in [0.1, 0.15) is 42.4 Å². The van der Waals surface area contributed by atoms with Crippen LogP contribution in [0.25, 0.3) is 10.9 Å². The fourth-order valence-electron chi connectivity index (χ4n) is 6.38. The lowest BCUT2D eigenvalue weighted by molar-refractivity contribution is -0.139. The summed E-state index contributed by atoms with van der Waals surface area (Å²) in [4.78, 5) is 46.0. The second-order valence-electron chi connectivity index (χ2n) is 12.3. The van der Waals surface area contributed by atoms with E-state index in [1.807, 2.05) is 65.7 Å². The zero-order chi connectivity index (χ0) is 32.8. The maximum atomic E-state index is 13.4. The van der Waals surface area contributed by atoms with E-state index in [0.29, 0.717) is 49.6 Å². The largest absolute Gasteiger partial charge is 0.493 e. The van der Waals surface area contributed by atoms with Crippen LogP contribution < -0.4 is 14.8 Å². The molecule has 1 saturated heterocycles. The number of aryl methyl sites for hydroxylation is 2. The van der Waals surface area contributed by atoms with Crippen molar-refractivity contribution in [3.8, 4) is 17.2 Å². The molecule has 4 heterocycles. The number of ether oxygens (including phenoxy) is 3. The van der Waals surface area contributed by atoms with Crippen LogP contribution in [0.4, 0.5) is 0 Å². The predicted octanol–water partition coefficient (Wildman–Crippen LogP) is 5.00. The molecule has 3 amide bonds. The first-order chi connectivity index (χ1) is 22.9. The Kier molecular flexibility index (Phi) is 10.1. The molecular weight excluding hydrogens is 596 g/mol. The summed E-state index contributed by atoms with van der Waals surface area (Å²) in [5.74, 6) is 1.46. The Morgan fingerprint density at radius 2 is 1.89 bits per heavy atom. The lowest BCUT2D eigenvalue weighted by Crippen LogP contribution is -2.57. The molecule has 1 fully saturated rings. The summed E-state index contributed by atoms with van der Waals surface area (Å²) in [7, 11) is 3.22. The second-order valence-corrected chi connectivity index (χ2v) is 12.3. The van der Waals surface area contributed by atoms with Gasteiger partial charge < -0.3 is 34.3 Å². The number of piperidine rings is 1.